The summed E-state index contributed by atoms with van der Waals surface area (Å²) in [7, 11) is 0. The first-order valence-corrected chi connectivity index (χ1v) is 7.30. The zero-order valence-corrected chi connectivity index (χ0v) is 11.7. The summed E-state index contributed by atoms with van der Waals surface area (Å²) in [5.74, 6) is 0.176. The van der Waals surface area contributed by atoms with Gasteiger partial charge in [0, 0.05) is 11.2 Å². The lowest BCUT2D eigenvalue weighted by Crippen LogP contribution is -2.01. The minimum Gasteiger partial charge on any atom is -0.207 e. The largest absolute Gasteiger partial charge is 0.207 e. The number of hydrogen-bond donors (Lipinski definition) is 0. The van der Waals surface area contributed by atoms with E-state index in [-0.39, 0.29) is 5.82 Å². The average molecular weight is 307 g/mol. The third-order valence-electron chi connectivity index (χ3n) is 3.10. The molecule has 0 fully saturated rings. The first-order valence-electron chi connectivity index (χ1n) is 6.17. The van der Waals surface area contributed by atoms with Crippen LogP contribution in [-0.4, -0.2) is 5.33 Å². The second-order valence-electron chi connectivity index (χ2n) is 4.35. The van der Waals surface area contributed by atoms with Crippen LogP contribution in [0.1, 0.15) is 29.9 Å². The fourth-order valence-corrected chi connectivity index (χ4v) is 2.51. The summed E-state index contributed by atoms with van der Waals surface area (Å²) < 4.78 is 13.0. The molecule has 0 bridgehead atoms. The molecule has 0 radical (unpaired) electrons. The predicted molar refractivity (Wildman–Crippen MR) is 77.7 cm³/mol. The van der Waals surface area contributed by atoms with E-state index >= 15 is 0 Å². The number of halogens is 2. The Morgan fingerprint density at radius 2 is 1.50 bits per heavy atom. The zero-order valence-electron chi connectivity index (χ0n) is 10.2. The van der Waals surface area contributed by atoms with Crippen LogP contribution in [0.15, 0.2) is 54.6 Å². The van der Waals surface area contributed by atoms with Gasteiger partial charge in [-0.2, -0.15) is 0 Å². The summed E-state index contributed by atoms with van der Waals surface area (Å²) >= 11 is 3.47. The maximum absolute atomic E-state index is 13.0. The van der Waals surface area contributed by atoms with Crippen molar-refractivity contribution in [2.75, 3.05) is 5.33 Å². The van der Waals surface area contributed by atoms with E-state index < -0.39 is 0 Å². The number of alkyl halides is 1. The van der Waals surface area contributed by atoms with E-state index in [2.05, 4.69) is 40.2 Å². The molecule has 2 aromatic carbocycles. The molecule has 0 aliphatic heterocycles. The van der Waals surface area contributed by atoms with Gasteiger partial charge >= 0.3 is 0 Å². The molecule has 94 valence electrons. The summed E-state index contributed by atoms with van der Waals surface area (Å²) in [5.41, 5.74) is 2.48. The van der Waals surface area contributed by atoms with Crippen molar-refractivity contribution >= 4 is 15.9 Å². The van der Waals surface area contributed by atoms with Crippen molar-refractivity contribution in [3.05, 3.63) is 71.5 Å². The van der Waals surface area contributed by atoms with E-state index in [1.54, 1.807) is 12.1 Å². The van der Waals surface area contributed by atoms with E-state index in [4.69, 9.17) is 0 Å². The van der Waals surface area contributed by atoms with Crippen LogP contribution >= 0.6 is 15.9 Å². The predicted octanol–water partition coefficient (Wildman–Crippen LogP) is 5.13. The standard InChI is InChI=1S/C16H16BrF/c17-12-4-7-16(13-5-2-1-3-6-13)14-8-10-15(18)11-9-14/h1-3,5-6,8-11,16H,4,7,12H2. The SMILES string of the molecule is Fc1ccc(C(CCCBr)c2ccccc2)cc1. The number of hydrogen-bond acceptors (Lipinski definition) is 0. The molecule has 2 aromatic rings. The van der Waals surface area contributed by atoms with Gasteiger partial charge in [0.25, 0.3) is 0 Å². The number of rotatable bonds is 5. The summed E-state index contributed by atoms with van der Waals surface area (Å²) in [5, 5.41) is 0.998. The van der Waals surface area contributed by atoms with Crippen LogP contribution in [-0.2, 0) is 0 Å². The van der Waals surface area contributed by atoms with Gasteiger partial charge in [0.05, 0.1) is 0 Å². The minimum atomic E-state index is -0.175. The van der Waals surface area contributed by atoms with Crippen LogP contribution in [0.2, 0.25) is 0 Å². The molecule has 0 saturated heterocycles. The van der Waals surface area contributed by atoms with Crippen molar-refractivity contribution in [1.82, 2.24) is 0 Å². The summed E-state index contributed by atoms with van der Waals surface area (Å²) in [6.45, 7) is 0. The van der Waals surface area contributed by atoms with Gasteiger partial charge in [-0.15, -0.1) is 0 Å². The summed E-state index contributed by atoms with van der Waals surface area (Å²) in [6.07, 6.45) is 2.18. The highest BCUT2D eigenvalue weighted by Gasteiger charge is 2.13. The van der Waals surface area contributed by atoms with Crippen molar-refractivity contribution in [2.24, 2.45) is 0 Å². The van der Waals surface area contributed by atoms with Gasteiger partial charge in [-0.3, -0.25) is 0 Å². The number of benzene rings is 2. The van der Waals surface area contributed by atoms with Crippen molar-refractivity contribution in [3.8, 4) is 0 Å². The highest BCUT2D eigenvalue weighted by molar-refractivity contribution is 9.09. The molecule has 2 rings (SSSR count). The van der Waals surface area contributed by atoms with Crippen molar-refractivity contribution in [3.63, 3.8) is 0 Å². The monoisotopic (exact) mass is 306 g/mol. The van der Waals surface area contributed by atoms with Crippen molar-refractivity contribution in [2.45, 2.75) is 18.8 Å². The lowest BCUT2D eigenvalue weighted by Gasteiger charge is -2.17. The van der Waals surface area contributed by atoms with Crippen LogP contribution in [0.3, 0.4) is 0 Å². The fraction of sp³-hybridized carbons (Fsp3) is 0.250. The molecule has 0 nitrogen and oxygen atoms in total. The van der Waals surface area contributed by atoms with Crippen LogP contribution < -0.4 is 0 Å². The molecule has 0 N–H and O–H groups in total. The van der Waals surface area contributed by atoms with Gasteiger partial charge in [0.2, 0.25) is 0 Å². The molecule has 0 aliphatic rings. The second-order valence-corrected chi connectivity index (χ2v) is 5.14. The summed E-state index contributed by atoms with van der Waals surface area (Å²) in [6, 6.07) is 17.3. The molecule has 18 heavy (non-hydrogen) atoms. The normalized spacial score (nSPS) is 12.3. The molecule has 0 saturated carbocycles. The molecule has 0 aromatic heterocycles. The first-order chi connectivity index (χ1) is 8.81. The Labute approximate surface area is 116 Å². The topological polar surface area (TPSA) is 0 Å². The summed E-state index contributed by atoms with van der Waals surface area (Å²) in [4.78, 5) is 0. The highest BCUT2D eigenvalue weighted by Crippen LogP contribution is 2.29. The molecular weight excluding hydrogens is 291 g/mol. The zero-order chi connectivity index (χ0) is 12.8. The molecule has 1 unspecified atom stereocenters. The fourth-order valence-electron chi connectivity index (χ4n) is 2.19. The Kier molecular flexibility index (Phi) is 4.94. The Balaban J connectivity index is 2.27. The van der Waals surface area contributed by atoms with Crippen LogP contribution in [0, 0.1) is 5.82 Å². The van der Waals surface area contributed by atoms with E-state index in [1.165, 1.54) is 11.1 Å². The lowest BCUT2D eigenvalue weighted by atomic mass is 9.88. The van der Waals surface area contributed by atoms with Crippen molar-refractivity contribution in [1.29, 1.82) is 0 Å². The molecule has 0 amide bonds. The van der Waals surface area contributed by atoms with Gasteiger partial charge in [-0.25, -0.2) is 4.39 Å². The molecule has 0 spiro atoms. The van der Waals surface area contributed by atoms with Crippen LogP contribution in [0.5, 0.6) is 0 Å². The highest BCUT2D eigenvalue weighted by atomic mass is 79.9. The molecule has 0 heterocycles. The van der Waals surface area contributed by atoms with Gasteiger partial charge in [-0.1, -0.05) is 58.4 Å². The lowest BCUT2D eigenvalue weighted by molar-refractivity contribution is 0.624. The Morgan fingerprint density at radius 3 is 2.11 bits per heavy atom. The first kappa shape index (κ1) is 13.3. The maximum atomic E-state index is 13.0. The maximum Gasteiger partial charge on any atom is 0.123 e. The molecule has 1 atom stereocenters. The van der Waals surface area contributed by atoms with Gasteiger partial charge < -0.3 is 0 Å². The van der Waals surface area contributed by atoms with Gasteiger partial charge in [0.1, 0.15) is 5.82 Å². The quantitative estimate of drug-likeness (QED) is 0.672. The van der Waals surface area contributed by atoms with E-state index in [0.29, 0.717) is 5.92 Å². The third kappa shape index (κ3) is 3.42. The average Bonchev–Trinajstić information content (AvgIpc) is 2.42. The van der Waals surface area contributed by atoms with Gasteiger partial charge in [-0.05, 0) is 36.1 Å². The van der Waals surface area contributed by atoms with Gasteiger partial charge in [0.15, 0.2) is 0 Å². The Hall–Kier alpha value is -1.15. The van der Waals surface area contributed by atoms with E-state index in [9.17, 15) is 4.39 Å². The minimum absolute atomic E-state index is 0.175. The Bertz CT molecular complexity index is 464. The second kappa shape index (κ2) is 6.69. The van der Waals surface area contributed by atoms with Crippen LogP contribution in [0.25, 0.3) is 0 Å². The van der Waals surface area contributed by atoms with Crippen molar-refractivity contribution < 1.29 is 4.39 Å². The molecule has 0 aliphatic carbocycles. The Morgan fingerprint density at radius 1 is 0.889 bits per heavy atom. The van der Waals surface area contributed by atoms with E-state index in [0.717, 1.165) is 18.2 Å². The molecule has 2 heteroatoms. The van der Waals surface area contributed by atoms with Crippen LogP contribution in [0.4, 0.5) is 4.39 Å². The smallest absolute Gasteiger partial charge is 0.123 e. The van der Waals surface area contributed by atoms with E-state index in [1.807, 2.05) is 18.2 Å². The third-order valence-corrected chi connectivity index (χ3v) is 3.66. The molecular formula is C16H16BrF.